The molecule has 5 heteroatoms. The molecule has 0 radical (unpaired) electrons. The van der Waals surface area contributed by atoms with Crippen molar-refractivity contribution in [1.82, 2.24) is 9.78 Å². The molecule has 0 atom stereocenters. The fourth-order valence-electron chi connectivity index (χ4n) is 2.50. The van der Waals surface area contributed by atoms with Gasteiger partial charge in [0.2, 0.25) is 0 Å². The number of aromatic nitrogens is 2. The lowest BCUT2D eigenvalue weighted by Crippen LogP contribution is -2.08. The summed E-state index contributed by atoms with van der Waals surface area (Å²) in [5, 5.41) is 4.41. The lowest BCUT2D eigenvalue weighted by atomic mass is 10.2. The van der Waals surface area contributed by atoms with Crippen LogP contribution in [0.25, 0.3) is 5.69 Å². The monoisotopic (exact) mass is 347 g/mol. The molecule has 5 nitrogen and oxygen atoms in total. The zero-order chi connectivity index (χ0) is 18.4. The second-order valence-corrected chi connectivity index (χ2v) is 5.89. The number of hydrogen-bond acceptors (Lipinski definition) is 4. The van der Waals surface area contributed by atoms with Gasteiger partial charge >= 0.3 is 5.97 Å². The van der Waals surface area contributed by atoms with Crippen LogP contribution in [0.4, 0.5) is 0 Å². The van der Waals surface area contributed by atoms with E-state index in [0.717, 1.165) is 16.8 Å². The Morgan fingerprint density at radius 2 is 1.88 bits per heavy atom. The molecular formula is C21H21N3O2. The van der Waals surface area contributed by atoms with E-state index in [4.69, 9.17) is 4.74 Å². The number of carbonyl (C=O) groups excluding carboxylic acids is 1. The molecule has 0 fully saturated rings. The number of carbonyl (C=O) groups is 1. The molecule has 0 spiro atoms. The Bertz CT molecular complexity index is 897. The Hall–Kier alpha value is -3.21. The van der Waals surface area contributed by atoms with Crippen LogP contribution in [0, 0.1) is 6.92 Å². The largest absolute Gasteiger partial charge is 0.461 e. The third-order valence-corrected chi connectivity index (χ3v) is 3.86. The van der Waals surface area contributed by atoms with Gasteiger partial charge in [-0.3, -0.25) is 4.99 Å². The van der Waals surface area contributed by atoms with Gasteiger partial charge in [0.05, 0.1) is 18.8 Å². The normalized spacial score (nSPS) is 11.0. The Morgan fingerprint density at radius 3 is 2.58 bits per heavy atom. The zero-order valence-electron chi connectivity index (χ0n) is 14.9. The van der Waals surface area contributed by atoms with E-state index in [0.29, 0.717) is 18.7 Å². The first kappa shape index (κ1) is 17.6. The van der Waals surface area contributed by atoms with Crippen LogP contribution in [0.5, 0.6) is 0 Å². The molecular weight excluding hydrogens is 326 g/mol. The third-order valence-electron chi connectivity index (χ3n) is 3.86. The highest BCUT2D eigenvalue weighted by atomic mass is 16.5. The summed E-state index contributed by atoms with van der Waals surface area (Å²) in [6, 6.07) is 17.9. The highest BCUT2D eigenvalue weighted by molar-refractivity contribution is 5.97. The van der Waals surface area contributed by atoms with Gasteiger partial charge in [-0.2, -0.15) is 5.10 Å². The van der Waals surface area contributed by atoms with Crippen molar-refractivity contribution < 1.29 is 9.53 Å². The van der Waals surface area contributed by atoms with Crippen molar-refractivity contribution >= 4 is 12.2 Å². The van der Waals surface area contributed by atoms with Crippen molar-refractivity contribution in [3.8, 4) is 5.69 Å². The zero-order valence-corrected chi connectivity index (χ0v) is 14.9. The highest BCUT2D eigenvalue weighted by Crippen LogP contribution is 2.14. The first-order valence-electron chi connectivity index (χ1n) is 8.55. The Labute approximate surface area is 153 Å². The number of aliphatic imine (C=N–C) groups is 1. The molecule has 0 bridgehead atoms. The fraction of sp³-hybridized carbons (Fsp3) is 0.190. The molecule has 0 saturated carbocycles. The maximum absolute atomic E-state index is 12.2. The molecule has 26 heavy (non-hydrogen) atoms. The molecule has 2 aromatic carbocycles. The molecule has 132 valence electrons. The maximum Gasteiger partial charge on any atom is 0.359 e. The van der Waals surface area contributed by atoms with Gasteiger partial charge < -0.3 is 4.74 Å². The minimum atomic E-state index is -0.445. The summed E-state index contributed by atoms with van der Waals surface area (Å²) >= 11 is 0. The second-order valence-electron chi connectivity index (χ2n) is 5.89. The standard InChI is InChI=1S/C21H21N3O2/c1-3-26-21(25)20-18(14-22-13-17-7-5-4-6-8-17)15-24(23-20)19-11-9-16(2)10-12-19/h4-12,14-15H,3,13H2,1-2H3. The van der Waals surface area contributed by atoms with Gasteiger partial charge in [0.1, 0.15) is 0 Å². The van der Waals surface area contributed by atoms with E-state index in [1.807, 2.05) is 61.5 Å². The van der Waals surface area contributed by atoms with Crippen LogP contribution >= 0.6 is 0 Å². The van der Waals surface area contributed by atoms with E-state index in [2.05, 4.69) is 10.1 Å². The molecule has 3 rings (SSSR count). The predicted molar refractivity (Wildman–Crippen MR) is 102 cm³/mol. The first-order chi connectivity index (χ1) is 12.7. The van der Waals surface area contributed by atoms with E-state index in [1.165, 1.54) is 0 Å². The molecule has 0 saturated heterocycles. The van der Waals surface area contributed by atoms with Gasteiger partial charge in [0, 0.05) is 18.0 Å². The topological polar surface area (TPSA) is 56.5 Å². The minimum Gasteiger partial charge on any atom is -0.461 e. The minimum absolute atomic E-state index is 0.268. The van der Waals surface area contributed by atoms with Crippen LogP contribution in [-0.2, 0) is 11.3 Å². The summed E-state index contributed by atoms with van der Waals surface area (Å²) in [7, 11) is 0. The van der Waals surface area contributed by atoms with Crippen LogP contribution in [0.1, 0.15) is 34.1 Å². The summed E-state index contributed by atoms with van der Waals surface area (Å²) in [4.78, 5) is 16.7. The Morgan fingerprint density at radius 1 is 1.15 bits per heavy atom. The lowest BCUT2D eigenvalue weighted by molar-refractivity contribution is 0.0519. The van der Waals surface area contributed by atoms with Crippen LogP contribution in [0.3, 0.4) is 0 Å². The van der Waals surface area contributed by atoms with Crippen molar-refractivity contribution in [2.45, 2.75) is 20.4 Å². The summed E-state index contributed by atoms with van der Waals surface area (Å²) in [6.45, 7) is 4.65. The molecule has 0 aliphatic rings. The Kier molecular flexibility index (Phi) is 5.59. The number of nitrogens with zero attached hydrogens (tertiary/aromatic N) is 3. The predicted octanol–water partition coefficient (Wildman–Crippen LogP) is 3.98. The van der Waals surface area contributed by atoms with E-state index >= 15 is 0 Å². The summed E-state index contributed by atoms with van der Waals surface area (Å²) in [5.41, 5.74) is 4.05. The van der Waals surface area contributed by atoms with Crippen molar-refractivity contribution in [3.05, 3.63) is 83.2 Å². The highest BCUT2D eigenvalue weighted by Gasteiger charge is 2.17. The van der Waals surface area contributed by atoms with Crippen LogP contribution in [-0.4, -0.2) is 28.6 Å². The number of hydrogen-bond donors (Lipinski definition) is 0. The number of ether oxygens (including phenoxy) is 1. The van der Waals surface area contributed by atoms with Gasteiger partial charge in [-0.15, -0.1) is 0 Å². The Balaban J connectivity index is 1.88. The smallest absolute Gasteiger partial charge is 0.359 e. The molecule has 0 aliphatic heterocycles. The van der Waals surface area contributed by atoms with E-state index in [1.54, 1.807) is 24.0 Å². The van der Waals surface area contributed by atoms with Gasteiger partial charge in [-0.1, -0.05) is 48.0 Å². The fourth-order valence-corrected chi connectivity index (χ4v) is 2.50. The molecule has 0 unspecified atom stereocenters. The van der Waals surface area contributed by atoms with E-state index < -0.39 is 5.97 Å². The average molecular weight is 347 g/mol. The molecule has 1 heterocycles. The van der Waals surface area contributed by atoms with E-state index in [9.17, 15) is 4.79 Å². The van der Waals surface area contributed by atoms with Crippen molar-refractivity contribution in [2.75, 3.05) is 6.61 Å². The molecule has 1 aromatic heterocycles. The quantitative estimate of drug-likeness (QED) is 0.501. The summed E-state index contributed by atoms with van der Waals surface area (Å²) in [5.74, 6) is -0.445. The molecule has 3 aromatic rings. The molecule has 0 aliphatic carbocycles. The van der Waals surface area contributed by atoms with Crippen molar-refractivity contribution in [2.24, 2.45) is 4.99 Å². The van der Waals surface area contributed by atoms with Crippen LogP contribution in [0.2, 0.25) is 0 Å². The number of benzene rings is 2. The molecule has 0 amide bonds. The van der Waals surface area contributed by atoms with Crippen molar-refractivity contribution in [3.63, 3.8) is 0 Å². The van der Waals surface area contributed by atoms with Crippen LogP contribution in [0.15, 0.2) is 65.8 Å². The average Bonchev–Trinajstić information content (AvgIpc) is 3.08. The number of rotatable bonds is 6. The summed E-state index contributed by atoms with van der Waals surface area (Å²) in [6.07, 6.45) is 3.47. The van der Waals surface area contributed by atoms with Crippen LogP contribution < -0.4 is 0 Å². The lowest BCUT2D eigenvalue weighted by Gasteiger charge is -2.01. The van der Waals surface area contributed by atoms with Crippen molar-refractivity contribution in [1.29, 1.82) is 0 Å². The van der Waals surface area contributed by atoms with Gasteiger partial charge in [0.15, 0.2) is 5.69 Å². The second kappa shape index (κ2) is 8.25. The first-order valence-corrected chi connectivity index (χ1v) is 8.55. The van der Waals surface area contributed by atoms with Gasteiger partial charge in [0.25, 0.3) is 0 Å². The summed E-state index contributed by atoms with van der Waals surface area (Å²) < 4.78 is 6.80. The SMILES string of the molecule is CCOC(=O)c1nn(-c2ccc(C)cc2)cc1C=NCc1ccccc1. The van der Waals surface area contributed by atoms with E-state index in [-0.39, 0.29) is 5.69 Å². The van der Waals surface area contributed by atoms with Gasteiger partial charge in [-0.25, -0.2) is 9.48 Å². The maximum atomic E-state index is 12.2. The number of aryl methyl sites for hydroxylation is 1. The van der Waals surface area contributed by atoms with Gasteiger partial charge in [-0.05, 0) is 31.5 Å². The molecule has 0 N–H and O–H groups in total. The number of esters is 1. The third kappa shape index (κ3) is 4.25.